The normalized spacial score (nSPS) is 10.6. The molecule has 0 unspecified atom stereocenters. The van der Waals surface area contributed by atoms with Crippen LogP contribution in [-0.2, 0) is 6.54 Å². The summed E-state index contributed by atoms with van der Waals surface area (Å²) < 4.78 is 0. The molecule has 0 radical (unpaired) electrons. The Bertz CT molecular complexity index is 611. The van der Waals surface area contributed by atoms with Crippen LogP contribution in [-0.4, -0.2) is 15.0 Å². The molecule has 0 bridgehead atoms. The van der Waals surface area contributed by atoms with Crippen LogP contribution in [0.1, 0.15) is 5.69 Å². The molecular formula is C13H12N4. The number of fused-ring (bicyclic) bond motifs is 1. The molecule has 1 aromatic carbocycles. The number of nitrogens with zero attached hydrogens (tertiary/aromatic N) is 2. The second-order valence-corrected chi connectivity index (χ2v) is 3.81. The molecule has 0 saturated heterocycles. The van der Waals surface area contributed by atoms with Gasteiger partial charge in [0.2, 0.25) is 0 Å². The van der Waals surface area contributed by atoms with Crippen LogP contribution in [0.3, 0.4) is 0 Å². The highest BCUT2D eigenvalue weighted by Crippen LogP contribution is 2.21. The van der Waals surface area contributed by atoms with Crippen LogP contribution in [0.15, 0.2) is 49.1 Å². The van der Waals surface area contributed by atoms with Crippen molar-refractivity contribution in [1.29, 1.82) is 0 Å². The first-order valence-corrected chi connectivity index (χ1v) is 5.48. The van der Waals surface area contributed by atoms with Gasteiger partial charge in [-0.1, -0.05) is 18.2 Å². The summed E-state index contributed by atoms with van der Waals surface area (Å²) in [4.78, 5) is 11.4. The van der Waals surface area contributed by atoms with Gasteiger partial charge in [-0.25, -0.2) is 4.98 Å². The van der Waals surface area contributed by atoms with Crippen LogP contribution in [0, 0.1) is 0 Å². The third-order valence-corrected chi connectivity index (χ3v) is 2.67. The molecule has 4 heteroatoms. The number of aromatic nitrogens is 3. The molecule has 2 N–H and O–H groups in total. The van der Waals surface area contributed by atoms with Gasteiger partial charge in [0.05, 0.1) is 24.1 Å². The summed E-state index contributed by atoms with van der Waals surface area (Å²) >= 11 is 0. The van der Waals surface area contributed by atoms with Crippen LogP contribution in [0.2, 0.25) is 0 Å². The van der Waals surface area contributed by atoms with Crippen molar-refractivity contribution < 1.29 is 0 Å². The average molecular weight is 224 g/mol. The first-order chi connectivity index (χ1) is 8.43. The monoisotopic (exact) mass is 224 g/mol. The number of nitrogens with one attached hydrogen (secondary N) is 2. The van der Waals surface area contributed by atoms with Crippen LogP contribution >= 0.6 is 0 Å². The highest BCUT2D eigenvalue weighted by Gasteiger charge is 2.00. The smallest absolute Gasteiger partial charge is 0.0922 e. The van der Waals surface area contributed by atoms with Crippen LogP contribution < -0.4 is 5.32 Å². The SMILES string of the molecule is c1ccc2c(NCc3cnc[nH]3)ccnc2c1. The predicted molar refractivity (Wildman–Crippen MR) is 67.7 cm³/mol. The summed E-state index contributed by atoms with van der Waals surface area (Å²) in [6, 6.07) is 10.1. The number of benzene rings is 1. The zero-order valence-electron chi connectivity index (χ0n) is 9.22. The van der Waals surface area contributed by atoms with E-state index in [4.69, 9.17) is 0 Å². The van der Waals surface area contributed by atoms with E-state index in [-0.39, 0.29) is 0 Å². The highest BCUT2D eigenvalue weighted by molar-refractivity contribution is 5.90. The first kappa shape index (κ1) is 9.84. The molecule has 2 aromatic heterocycles. The third-order valence-electron chi connectivity index (χ3n) is 2.67. The molecular weight excluding hydrogens is 212 g/mol. The van der Waals surface area contributed by atoms with Gasteiger partial charge >= 0.3 is 0 Å². The van der Waals surface area contributed by atoms with Gasteiger partial charge < -0.3 is 10.3 Å². The van der Waals surface area contributed by atoms with Gasteiger partial charge in [0.15, 0.2) is 0 Å². The van der Waals surface area contributed by atoms with Crippen molar-refractivity contribution in [3.05, 3.63) is 54.7 Å². The number of hydrogen-bond acceptors (Lipinski definition) is 3. The minimum absolute atomic E-state index is 0.730. The molecule has 3 rings (SSSR count). The standard InChI is InChI=1S/C13H12N4/c1-2-4-12-11(3-1)13(5-6-15-12)16-8-10-7-14-9-17-10/h1-7,9H,8H2,(H,14,17)(H,15,16). The summed E-state index contributed by atoms with van der Waals surface area (Å²) in [5, 5.41) is 4.51. The van der Waals surface area contributed by atoms with Crippen molar-refractivity contribution in [2.45, 2.75) is 6.54 Å². The minimum atomic E-state index is 0.730. The number of imidazole rings is 1. The average Bonchev–Trinajstić information content (AvgIpc) is 2.89. The molecule has 2 heterocycles. The van der Waals surface area contributed by atoms with E-state index in [1.807, 2.05) is 36.7 Å². The number of anilines is 1. The van der Waals surface area contributed by atoms with E-state index in [1.54, 1.807) is 6.33 Å². The first-order valence-electron chi connectivity index (χ1n) is 5.48. The fourth-order valence-electron chi connectivity index (χ4n) is 1.82. The Hall–Kier alpha value is -2.36. The van der Waals surface area contributed by atoms with E-state index < -0.39 is 0 Å². The zero-order valence-corrected chi connectivity index (χ0v) is 9.22. The second-order valence-electron chi connectivity index (χ2n) is 3.81. The van der Waals surface area contributed by atoms with Crippen LogP contribution in [0.25, 0.3) is 10.9 Å². The molecule has 0 atom stereocenters. The Morgan fingerprint density at radius 2 is 2.12 bits per heavy atom. The van der Waals surface area contributed by atoms with Crippen molar-refractivity contribution >= 4 is 16.6 Å². The van der Waals surface area contributed by atoms with Crippen molar-refractivity contribution in [2.24, 2.45) is 0 Å². The van der Waals surface area contributed by atoms with Gasteiger partial charge in [-0.15, -0.1) is 0 Å². The van der Waals surface area contributed by atoms with E-state index in [1.165, 1.54) is 0 Å². The molecule has 3 aromatic rings. The lowest BCUT2D eigenvalue weighted by Gasteiger charge is -2.07. The fraction of sp³-hybridized carbons (Fsp3) is 0.0769. The molecule has 0 aliphatic rings. The van der Waals surface area contributed by atoms with E-state index in [9.17, 15) is 0 Å². The largest absolute Gasteiger partial charge is 0.379 e. The van der Waals surface area contributed by atoms with Crippen molar-refractivity contribution in [1.82, 2.24) is 15.0 Å². The van der Waals surface area contributed by atoms with E-state index in [0.29, 0.717) is 0 Å². The lowest BCUT2D eigenvalue weighted by molar-refractivity contribution is 1.08. The summed E-state index contributed by atoms with van der Waals surface area (Å²) in [7, 11) is 0. The number of para-hydroxylation sites is 1. The number of hydrogen-bond donors (Lipinski definition) is 2. The van der Waals surface area contributed by atoms with E-state index >= 15 is 0 Å². The molecule has 84 valence electrons. The molecule has 0 aliphatic carbocycles. The molecule has 0 saturated carbocycles. The highest BCUT2D eigenvalue weighted by atomic mass is 14.9. The molecule has 0 spiro atoms. The predicted octanol–water partition coefficient (Wildman–Crippen LogP) is 2.57. The Morgan fingerprint density at radius 1 is 1.18 bits per heavy atom. The Morgan fingerprint density at radius 3 is 3.00 bits per heavy atom. The number of pyridine rings is 1. The van der Waals surface area contributed by atoms with Gasteiger partial charge in [-0.3, -0.25) is 4.98 Å². The Kier molecular flexibility index (Phi) is 2.46. The fourth-order valence-corrected chi connectivity index (χ4v) is 1.82. The lowest BCUT2D eigenvalue weighted by atomic mass is 10.2. The van der Waals surface area contributed by atoms with E-state index in [0.717, 1.165) is 28.8 Å². The van der Waals surface area contributed by atoms with Gasteiger partial charge in [0.1, 0.15) is 0 Å². The third kappa shape index (κ3) is 1.97. The summed E-state index contributed by atoms with van der Waals surface area (Å²) in [5.41, 5.74) is 3.15. The Balaban J connectivity index is 1.90. The molecule has 0 amide bonds. The van der Waals surface area contributed by atoms with Gasteiger partial charge in [-0.05, 0) is 12.1 Å². The maximum Gasteiger partial charge on any atom is 0.0922 e. The summed E-state index contributed by atoms with van der Waals surface area (Å²) in [6.45, 7) is 0.730. The molecule has 0 fully saturated rings. The van der Waals surface area contributed by atoms with Gasteiger partial charge in [0, 0.05) is 23.5 Å². The maximum atomic E-state index is 4.33. The summed E-state index contributed by atoms with van der Waals surface area (Å²) in [5.74, 6) is 0. The molecule has 4 nitrogen and oxygen atoms in total. The Labute approximate surface area is 98.7 Å². The zero-order chi connectivity index (χ0) is 11.5. The second kappa shape index (κ2) is 4.25. The van der Waals surface area contributed by atoms with Crippen LogP contribution in [0.4, 0.5) is 5.69 Å². The maximum absolute atomic E-state index is 4.33. The number of rotatable bonds is 3. The topological polar surface area (TPSA) is 53.6 Å². The molecule has 0 aliphatic heterocycles. The van der Waals surface area contributed by atoms with Crippen molar-refractivity contribution in [2.75, 3.05) is 5.32 Å². The van der Waals surface area contributed by atoms with Gasteiger partial charge in [0.25, 0.3) is 0 Å². The van der Waals surface area contributed by atoms with Gasteiger partial charge in [-0.2, -0.15) is 0 Å². The lowest BCUT2D eigenvalue weighted by Crippen LogP contribution is -2.00. The van der Waals surface area contributed by atoms with Crippen LogP contribution in [0.5, 0.6) is 0 Å². The quantitative estimate of drug-likeness (QED) is 0.719. The molecule has 17 heavy (non-hydrogen) atoms. The summed E-state index contributed by atoms with van der Waals surface area (Å²) in [6.07, 6.45) is 5.32. The number of H-pyrrole nitrogens is 1. The minimum Gasteiger partial charge on any atom is -0.379 e. The van der Waals surface area contributed by atoms with E-state index in [2.05, 4.69) is 26.3 Å². The number of aromatic amines is 1. The van der Waals surface area contributed by atoms with Crippen molar-refractivity contribution in [3.63, 3.8) is 0 Å². The van der Waals surface area contributed by atoms with Crippen molar-refractivity contribution in [3.8, 4) is 0 Å².